The quantitative estimate of drug-likeness (QED) is 0.824. The average Bonchev–Trinajstić information content (AvgIpc) is 2.89. The van der Waals surface area contributed by atoms with Gasteiger partial charge in [-0.05, 0) is 43.2 Å². The topological polar surface area (TPSA) is 92.9 Å². The molecule has 148 valence electrons. The molecule has 0 saturated carbocycles. The molecule has 1 aliphatic heterocycles. The van der Waals surface area contributed by atoms with Crippen LogP contribution in [0.3, 0.4) is 0 Å². The van der Waals surface area contributed by atoms with Gasteiger partial charge < -0.3 is 20.5 Å². The van der Waals surface area contributed by atoms with Crippen LogP contribution in [0.2, 0.25) is 0 Å². The van der Waals surface area contributed by atoms with Crippen molar-refractivity contribution < 1.29 is 23.8 Å². The van der Waals surface area contributed by atoms with Gasteiger partial charge in [0, 0.05) is 30.3 Å². The minimum Gasteiger partial charge on any atom is -0.489 e. The average molecular weight is 386 g/mol. The van der Waals surface area contributed by atoms with Gasteiger partial charge in [-0.25, -0.2) is 4.39 Å². The second-order valence-corrected chi connectivity index (χ2v) is 6.99. The standard InChI is InChI=1S/C21H23FN2O4/c22-19-4-2-1-3-16(19)13-28-18-9-6-14(7-10-18)20(25)24-11-15(21(26)27)5-8-17(23)12-24/h1-4,6-7,9-10,15,17H,5,8,11-13,23H2,(H,26,27)/t15-,17+/m0/s1. The van der Waals surface area contributed by atoms with Gasteiger partial charge in [-0.3, -0.25) is 9.59 Å². The summed E-state index contributed by atoms with van der Waals surface area (Å²) < 4.78 is 19.2. The van der Waals surface area contributed by atoms with Crippen molar-refractivity contribution in [2.45, 2.75) is 25.5 Å². The summed E-state index contributed by atoms with van der Waals surface area (Å²) in [5, 5.41) is 9.31. The number of likely N-dealkylation sites (tertiary alicyclic amines) is 1. The maximum absolute atomic E-state index is 13.6. The van der Waals surface area contributed by atoms with Crippen LogP contribution in [0.4, 0.5) is 4.39 Å². The van der Waals surface area contributed by atoms with Gasteiger partial charge in [0.25, 0.3) is 5.91 Å². The third-order valence-corrected chi connectivity index (χ3v) is 4.87. The van der Waals surface area contributed by atoms with Gasteiger partial charge in [0.05, 0.1) is 5.92 Å². The highest BCUT2D eigenvalue weighted by atomic mass is 19.1. The van der Waals surface area contributed by atoms with Crippen LogP contribution < -0.4 is 10.5 Å². The highest BCUT2D eigenvalue weighted by Crippen LogP contribution is 2.20. The smallest absolute Gasteiger partial charge is 0.308 e. The van der Waals surface area contributed by atoms with E-state index in [0.29, 0.717) is 36.3 Å². The summed E-state index contributed by atoms with van der Waals surface area (Å²) >= 11 is 0. The predicted molar refractivity (Wildman–Crippen MR) is 101 cm³/mol. The second-order valence-electron chi connectivity index (χ2n) is 6.99. The van der Waals surface area contributed by atoms with Crippen LogP contribution in [-0.2, 0) is 11.4 Å². The van der Waals surface area contributed by atoms with Crippen molar-refractivity contribution >= 4 is 11.9 Å². The van der Waals surface area contributed by atoms with E-state index in [0.717, 1.165) is 0 Å². The third-order valence-electron chi connectivity index (χ3n) is 4.87. The highest BCUT2D eigenvalue weighted by molar-refractivity contribution is 5.94. The Hall–Kier alpha value is -2.93. The van der Waals surface area contributed by atoms with E-state index in [1.54, 1.807) is 42.5 Å². The van der Waals surface area contributed by atoms with Crippen molar-refractivity contribution in [1.82, 2.24) is 4.90 Å². The van der Waals surface area contributed by atoms with Gasteiger partial charge >= 0.3 is 5.97 Å². The Morgan fingerprint density at radius 2 is 1.82 bits per heavy atom. The fraction of sp³-hybridized carbons (Fsp3) is 0.333. The summed E-state index contributed by atoms with van der Waals surface area (Å²) in [5.41, 5.74) is 6.87. The molecule has 1 fully saturated rings. The predicted octanol–water partition coefficient (Wildman–Crippen LogP) is 2.67. The Labute approximate surface area is 162 Å². The Morgan fingerprint density at radius 3 is 2.50 bits per heavy atom. The fourth-order valence-corrected chi connectivity index (χ4v) is 3.24. The zero-order valence-electron chi connectivity index (χ0n) is 15.4. The molecule has 6 nitrogen and oxygen atoms in total. The molecule has 3 rings (SSSR count). The molecule has 0 aromatic heterocycles. The Kier molecular flexibility index (Phi) is 6.26. The molecule has 3 N–H and O–H groups in total. The summed E-state index contributed by atoms with van der Waals surface area (Å²) in [6.07, 6.45) is 1.03. The molecule has 1 saturated heterocycles. The number of halogens is 1. The van der Waals surface area contributed by atoms with E-state index in [1.165, 1.54) is 11.0 Å². The van der Waals surface area contributed by atoms with Crippen LogP contribution in [-0.4, -0.2) is 41.0 Å². The van der Waals surface area contributed by atoms with Gasteiger partial charge in [-0.1, -0.05) is 18.2 Å². The number of carbonyl (C=O) groups is 2. The van der Waals surface area contributed by atoms with Gasteiger partial charge in [0.15, 0.2) is 0 Å². The van der Waals surface area contributed by atoms with Crippen LogP contribution >= 0.6 is 0 Å². The van der Waals surface area contributed by atoms with E-state index in [9.17, 15) is 19.1 Å². The lowest BCUT2D eigenvalue weighted by Crippen LogP contribution is -2.41. The first-order valence-electron chi connectivity index (χ1n) is 9.18. The number of carbonyl (C=O) groups excluding carboxylic acids is 1. The zero-order valence-corrected chi connectivity index (χ0v) is 15.4. The van der Waals surface area contributed by atoms with Crippen molar-refractivity contribution in [3.05, 3.63) is 65.5 Å². The molecular weight excluding hydrogens is 363 g/mol. The van der Waals surface area contributed by atoms with Crippen molar-refractivity contribution in [2.24, 2.45) is 11.7 Å². The minimum atomic E-state index is -0.913. The number of nitrogens with two attached hydrogens (primary N) is 1. The maximum atomic E-state index is 13.6. The molecule has 1 aliphatic rings. The first-order chi connectivity index (χ1) is 13.4. The van der Waals surface area contributed by atoms with Crippen LogP contribution in [0.1, 0.15) is 28.8 Å². The van der Waals surface area contributed by atoms with Gasteiger partial charge in [0.2, 0.25) is 0 Å². The Bertz CT molecular complexity index is 841. The SMILES string of the molecule is N[C@@H]1CC[C@H](C(=O)O)CN(C(=O)c2ccc(OCc3ccccc3F)cc2)C1. The number of hydrogen-bond donors (Lipinski definition) is 2. The lowest BCUT2D eigenvalue weighted by atomic mass is 10.0. The fourth-order valence-electron chi connectivity index (χ4n) is 3.24. The van der Waals surface area contributed by atoms with Gasteiger partial charge in [-0.2, -0.15) is 0 Å². The lowest BCUT2D eigenvalue weighted by molar-refractivity contribution is -0.142. The summed E-state index contributed by atoms with van der Waals surface area (Å²) in [6.45, 7) is 0.558. The van der Waals surface area contributed by atoms with E-state index in [4.69, 9.17) is 10.5 Å². The molecule has 2 atom stereocenters. The largest absolute Gasteiger partial charge is 0.489 e. The number of nitrogens with zero attached hydrogens (tertiary/aromatic N) is 1. The summed E-state index contributed by atoms with van der Waals surface area (Å²) in [4.78, 5) is 25.6. The molecule has 7 heteroatoms. The van der Waals surface area contributed by atoms with Crippen molar-refractivity contribution in [3.8, 4) is 5.75 Å². The molecule has 0 spiro atoms. The molecule has 2 aromatic carbocycles. The molecule has 1 amide bonds. The van der Waals surface area contributed by atoms with Crippen LogP contribution in [0.5, 0.6) is 5.75 Å². The van der Waals surface area contributed by atoms with Gasteiger partial charge in [0.1, 0.15) is 18.2 Å². The number of benzene rings is 2. The molecule has 0 unspecified atom stereocenters. The van der Waals surface area contributed by atoms with E-state index in [2.05, 4.69) is 0 Å². The summed E-state index contributed by atoms with van der Waals surface area (Å²) in [6, 6.07) is 12.6. The number of ether oxygens (including phenoxy) is 1. The molecule has 2 aromatic rings. The first kappa shape index (κ1) is 19.8. The van der Waals surface area contributed by atoms with Gasteiger partial charge in [-0.15, -0.1) is 0 Å². The zero-order chi connectivity index (χ0) is 20.1. The number of hydrogen-bond acceptors (Lipinski definition) is 4. The normalized spacial score (nSPS) is 19.7. The van der Waals surface area contributed by atoms with E-state index in [1.807, 2.05) is 0 Å². The first-order valence-corrected chi connectivity index (χ1v) is 9.18. The molecule has 0 aliphatic carbocycles. The second kappa shape index (κ2) is 8.84. The summed E-state index contributed by atoms with van der Waals surface area (Å²) in [5.74, 6) is -1.61. The van der Waals surface area contributed by atoms with Crippen molar-refractivity contribution in [2.75, 3.05) is 13.1 Å². The van der Waals surface area contributed by atoms with Crippen LogP contribution in [0, 0.1) is 11.7 Å². The Balaban J connectivity index is 1.65. The lowest BCUT2D eigenvalue weighted by Gasteiger charge is -2.24. The monoisotopic (exact) mass is 386 g/mol. The van der Waals surface area contributed by atoms with E-state index >= 15 is 0 Å². The van der Waals surface area contributed by atoms with Crippen molar-refractivity contribution in [1.29, 1.82) is 0 Å². The number of carboxylic acids is 1. The summed E-state index contributed by atoms with van der Waals surface area (Å²) in [7, 11) is 0. The molecule has 28 heavy (non-hydrogen) atoms. The van der Waals surface area contributed by atoms with Crippen LogP contribution in [0.15, 0.2) is 48.5 Å². The Morgan fingerprint density at radius 1 is 1.11 bits per heavy atom. The molecular formula is C21H23FN2O4. The molecule has 0 bridgehead atoms. The number of carboxylic acid groups (broad SMARTS) is 1. The molecule has 1 heterocycles. The van der Waals surface area contributed by atoms with Crippen molar-refractivity contribution in [3.63, 3.8) is 0 Å². The maximum Gasteiger partial charge on any atom is 0.308 e. The van der Waals surface area contributed by atoms with E-state index < -0.39 is 11.9 Å². The highest BCUT2D eigenvalue weighted by Gasteiger charge is 2.29. The number of aliphatic carboxylic acids is 1. The van der Waals surface area contributed by atoms with E-state index in [-0.39, 0.29) is 30.9 Å². The minimum absolute atomic E-state index is 0.0846. The third kappa shape index (κ3) is 4.86. The molecule has 0 radical (unpaired) electrons. The number of amides is 1. The number of rotatable bonds is 5. The van der Waals surface area contributed by atoms with Crippen LogP contribution in [0.25, 0.3) is 0 Å².